The molecule has 2 aliphatic rings. The van der Waals surface area contributed by atoms with E-state index in [0.717, 1.165) is 38.5 Å². The highest BCUT2D eigenvalue weighted by Crippen LogP contribution is 2.28. The normalized spacial score (nSPS) is 27.5. The lowest BCUT2D eigenvalue weighted by Gasteiger charge is -2.38. The van der Waals surface area contributed by atoms with Crippen LogP contribution in [0.15, 0.2) is 0 Å². The number of ether oxygens (including phenoxy) is 1. The van der Waals surface area contributed by atoms with Gasteiger partial charge in [0, 0.05) is 25.6 Å². The summed E-state index contributed by atoms with van der Waals surface area (Å²) in [7, 11) is 1.49. The maximum atomic E-state index is 11.5. The zero-order valence-electron chi connectivity index (χ0n) is 13.1. The van der Waals surface area contributed by atoms with Gasteiger partial charge < -0.3 is 15.0 Å². The third kappa shape index (κ3) is 5.41. The first-order valence-corrected chi connectivity index (χ1v) is 8.23. The molecule has 0 bridgehead atoms. The zero-order valence-corrected chi connectivity index (χ0v) is 13.1. The van der Waals surface area contributed by atoms with Crippen molar-refractivity contribution in [1.29, 1.82) is 0 Å². The average molecular weight is 282 g/mol. The molecule has 1 N–H and O–H groups in total. The van der Waals surface area contributed by atoms with Crippen molar-refractivity contribution in [3.05, 3.63) is 0 Å². The van der Waals surface area contributed by atoms with Crippen molar-refractivity contribution in [3.63, 3.8) is 0 Å². The fraction of sp³-hybridized carbons (Fsp3) is 0.938. The van der Waals surface area contributed by atoms with Crippen molar-refractivity contribution in [3.8, 4) is 0 Å². The molecule has 0 spiro atoms. The molecule has 1 aliphatic heterocycles. The maximum Gasteiger partial charge on any atom is 0.305 e. The fourth-order valence-corrected chi connectivity index (χ4v) is 3.14. The summed E-state index contributed by atoms with van der Waals surface area (Å²) in [5, 5.41) is 3.72. The molecule has 2 atom stereocenters. The minimum Gasteiger partial charge on any atom is -0.469 e. The summed E-state index contributed by atoms with van der Waals surface area (Å²) in [4.78, 5) is 14.1. The molecule has 0 aromatic heterocycles. The Morgan fingerprint density at radius 1 is 1.30 bits per heavy atom. The van der Waals surface area contributed by atoms with E-state index in [-0.39, 0.29) is 5.97 Å². The monoisotopic (exact) mass is 282 g/mol. The molecule has 1 aliphatic carbocycles. The van der Waals surface area contributed by atoms with E-state index in [0.29, 0.717) is 18.4 Å². The summed E-state index contributed by atoms with van der Waals surface area (Å²) in [5.41, 5.74) is 0. The molecular formula is C16H30N2O2. The van der Waals surface area contributed by atoms with Crippen molar-refractivity contribution >= 4 is 5.97 Å². The number of carbonyl (C=O) groups excluding carboxylic acids is 1. The number of hydrogen-bond acceptors (Lipinski definition) is 4. The van der Waals surface area contributed by atoms with Crippen LogP contribution in [0.25, 0.3) is 0 Å². The Kier molecular flexibility index (Phi) is 6.30. The molecule has 0 aromatic rings. The van der Waals surface area contributed by atoms with Crippen LogP contribution in [0.3, 0.4) is 0 Å². The van der Waals surface area contributed by atoms with Gasteiger partial charge in [-0.25, -0.2) is 0 Å². The van der Waals surface area contributed by atoms with E-state index in [4.69, 9.17) is 4.74 Å². The number of methoxy groups -OCH3 is 1. The average Bonchev–Trinajstić information content (AvgIpc) is 3.27. The first-order valence-electron chi connectivity index (χ1n) is 8.23. The van der Waals surface area contributed by atoms with Crippen LogP contribution in [0.2, 0.25) is 0 Å². The quantitative estimate of drug-likeness (QED) is 0.692. The van der Waals surface area contributed by atoms with E-state index >= 15 is 0 Å². The van der Waals surface area contributed by atoms with Crippen LogP contribution in [-0.2, 0) is 9.53 Å². The summed E-state index contributed by atoms with van der Waals surface area (Å²) in [5.74, 6) is 1.30. The number of nitrogens with one attached hydrogen (secondary N) is 1. The van der Waals surface area contributed by atoms with Crippen LogP contribution >= 0.6 is 0 Å². The number of nitrogens with zero attached hydrogens (tertiary/aromatic N) is 1. The minimum atomic E-state index is -0.0618. The highest BCUT2D eigenvalue weighted by Gasteiger charge is 2.30. The van der Waals surface area contributed by atoms with E-state index in [1.54, 1.807) is 0 Å². The number of piperidine rings is 1. The topological polar surface area (TPSA) is 41.6 Å². The van der Waals surface area contributed by atoms with Crippen LogP contribution in [0.1, 0.15) is 45.4 Å². The van der Waals surface area contributed by atoms with Gasteiger partial charge in [-0.3, -0.25) is 4.79 Å². The molecule has 1 saturated heterocycles. The number of esters is 1. The van der Waals surface area contributed by atoms with Gasteiger partial charge in [-0.2, -0.15) is 0 Å². The zero-order chi connectivity index (χ0) is 14.4. The lowest BCUT2D eigenvalue weighted by molar-refractivity contribution is -0.142. The van der Waals surface area contributed by atoms with E-state index in [1.165, 1.54) is 32.8 Å². The molecule has 1 heterocycles. The first-order chi connectivity index (χ1) is 9.71. The van der Waals surface area contributed by atoms with E-state index in [2.05, 4.69) is 17.1 Å². The number of carbonyl (C=O) groups is 1. The third-order valence-corrected chi connectivity index (χ3v) is 4.52. The molecule has 4 nitrogen and oxygen atoms in total. The van der Waals surface area contributed by atoms with Gasteiger partial charge in [-0.05, 0) is 50.6 Å². The van der Waals surface area contributed by atoms with Crippen molar-refractivity contribution in [2.75, 3.05) is 33.3 Å². The summed E-state index contributed by atoms with van der Waals surface area (Å²) in [6.45, 7) is 6.76. The number of hydrogen-bond donors (Lipinski definition) is 1. The number of likely N-dealkylation sites (tertiary alicyclic amines) is 1. The second kappa shape index (κ2) is 7.99. The van der Waals surface area contributed by atoms with Gasteiger partial charge >= 0.3 is 5.97 Å². The Hall–Kier alpha value is -0.610. The molecule has 2 fully saturated rings. The van der Waals surface area contributed by atoms with Crippen LogP contribution in [0, 0.1) is 11.8 Å². The van der Waals surface area contributed by atoms with Gasteiger partial charge in [-0.1, -0.05) is 13.3 Å². The Bertz CT molecular complexity index is 305. The van der Waals surface area contributed by atoms with Gasteiger partial charge in [0.2, 0.25) is 0 Å². The van der Waals surface area contributed by atoms with E-state index in [1.807, 2.05) is 0 Å². The van der Waals surface area contributed by atoms with E-state index < -0.39 is 0 Å². The maximum absolute atomic E-state index is 11.5. The molecule has 1 saturated carbocycles. The van der Waals surface area contributed by atoms with Gasteiger partial charge in [0.1, 0.15) is 0 Å². The van der Waals surface area contributed by atoms with Gasteiger partial charge in [0.15, 0.2) is 0 Å². The van der Waals surface area contributed by atoms with Gasteiger partial charge in [0.05, 0.1) is 7.11 Å². The molecule has 2 unspecified atom stereocenters. The van der Waals surface area contributed by atoms with Crippen LogP contribution in [0.4, 0.5) is 0 Å². The standard InChI is InChI=1S/C16H30N2O2/c1-3-4-7-18-11-14(9-16(19)20-2)8-15(12-18)17-10-13-5-6-13/h13-15,17H,3-12H2,1-2H3. The molecule has 116 valence electrons. The Balaban J connectivity index is 1.81. The summed E-state index contributed by atoms with van der Waals surface area (Å²) >= 11 is 0. The highest BCUT2D eigenvalue weighted by molar-refractivity contribution is 5.69. The first kappa shape index (κ1) is 15.8. The Labute approximate surface area is 123 Å². The van der Waals surface area contributed by atoms with Gasteiger partial charge in [-0.15, -0.1) is 0 Å². The van der Waals surface area contributed by atoms with Crippen molar-refractivity contribution < 1.29 is 9.53 Å². The predicted octanol–water partition coefficient (Wildman–Crippen LogP) is 2.04. The van der Waals surface area contributed by atoms with Crippen molar-refractivity contribution in [2.45, 2.75) is 51.5 Å². The summed E-state index contributed by atoms with van der Waals surface area (Å²) in [6, 6.07) is 0.552. The molecular weight excluding hydrogens is 252 g/mol. The van der Waals surface area contributed by atoms with Crippen molar-refractivity contribution in [1.82, 2.24) is 10.2 Å². The lowest BCUT2D eigenvalue weighted by atomic mass is 9.91. The second-order valence-corrected chi connectivity index (χ2v) is 6.54. The predicted molar refractivity (Wildman–Crippen MR) is 80.6 cm³/mol. The SMILES string of the molecule is CCCCN1CC(CC(=O)OC)CC(NCC2CC2)C1. The second-order valence-electron chi connectivity index (χ2n) is 6.54. The smallest absolute Gasteiger partial charge is 0.305 e. The van der Waals surface area contributed by atoms with E-state index in [9.17, 15) is 4.79 Å². The minimum absolute atomic E-state index is 0.0618. The van der Waals surface area contributed by atoms with Crippen molar-refractivity contribution in [2.24, 2.45) is 11.8 Å². The number of rotatable bonds is 8. The molecule has 0 amide bonds. The Morgan fingerprint density at radius 2 is 2.10 bits per heavy atom. The van der Waals surface area contributed by atoms with Crippen LogP contribution < -0.4 is 5.32 Å². The molecule has 2 rings (SSSR count). The lowest BCUT2D eigenvalue weighted by Crippen LogP contribution is -2.50. The molecule has 4 heteroatoms. The Morgan fingerprint density at radius 3 is 2.75 bits per heavy atom. The third-order valence-electron chi connectivity index (χ3n) is 4.52. The summed E-state index contributed by atoms with van der Waals surface area (Å²) in [6.07, 6.45) is 6.96. The largest absolute Gasteiger partial charge is 0.469 e. The molecule has 20 heavy (non-hydrogen) atoms. The van der Waals surface area contributed by atoms with Gasteiger partial charge in [0.25, 0.3) is 0 Å². The molecule has 0 radical (unpaired) electrons. The highest BCUT2D eigenvalue weighted by atomic mass is 16.5. The number of unbranched alkanes of at least 4 members (excludes halogenated alkanes) is 1. The van der Waals surface area contributed by atoms with Crippen LogP contribution in [-0.4, -0.2) is 50.2 Å². The summed E-state index contributed by atoms with van der Waals surface area (Å²) < 4.78 is 4.83. The van der Waals surface area contributed by atoms with Crippen LogP contribution in [0.5, 0.6) is 0 Å². The molecule has 0 aromatic carbocycles. The fourth-order valence-electron chi connectivity index (χ4n) is 3.14.